The van der Waals surface area contributed by atoms with Crippen molar-refractivity contribution in [2.45, 2.75) is 40.5 Å². The molecule has 0 bridgehead atoms. The lowest BCUT2D eigenvalue weighted by atomic mass is 9.95. The normalized spacial score (nSPS) is 10.8. The molecule has 3 aromatic rings. The van der Waals surface area contributed by atoms with Crippen molar-refractivity contribution in [1.29, 1.82) is 0 Å². The van der Waals surface area contributed by atoms with Gasteiger partial charge in [0.25, 0.3) is 0 Å². The van der Waals surface area contributed by atoms with Crippen molar-refractivity contribution in [2.75, 3.05) is 0 Å². The van der Waals surface area contributed by atoms with Crippen LogP contribution in [0.1, 0.15) is 35.6 Å². The average molecular weight is 315 g/mol. The Morgan fingerprint density at radius 2 is 1.62 bits per heavy atom. The molecule has 0 aliphatic rings. The zero-order valence-electron chi connectivity index (χ0n) is 15.1. The summed E-state index contributed by atoms with van der Waals surface area (Å²) in [5.74, 6) is 0. The first-order valence-corrected chi connectivity index (χ1v) is 8.72. The van der Waals surface area contributed by atoms with Crippen molar-refractivity contribution in [3.05, 3.63) is 77.0 Å². The number of aryl methyl sites for hydroxylation is 4. The van der Waals surface area contributed by atoms with E-state index < -0.39 is 0 Å². The molecule has 0 aliphatic heterocycles. The number of benzene rings is 2. The monoisotopic (exact) mass is 315 g/mol. The highest BCUT2D eigenvalue weighted by Crippen LogP contribution is 2.29. The summed E-state index contributed by atoms with van der Waals surface area (Å²) < 4.78 is 0. The fourth-order valence-electron chi connectivity index (χ4n) is 3.23. The highest BCUT2D eigenvalue weighted by atomic mass is 14.7. The second-order valence-corrected chi connectivity index (χ2v) is 6.66. The largest absolute Gasteiger partial charge is 0.256 e. The number of hydrogen-bond acceptors (Lipinski definition) is 1. The fourth-order valence-corrected chi connectivity index (χ4v) is 3.23. The van der Waals surface area contributed by atoms with Crippen LogP contribution in [-0.2, 0) is 6.42 Å². The zero-order valence-corrected chi connectivity index (χ0v) is 15.1. The number of rotatable bonds is 4. The topological polar surface area (TPSA) is 12.9 Å². The smallest absolute Gasteiger partial charge is 0.0707 e. The lowest BCUT2D eigenvalue weighted by Gasteiger charge is -2.13. The minimum atomic E-state index is 1.08. The molecular weight excluding hydrogens is 290 g/mol. The Bertz CT molecular complexity index is 862. The van der Waals surface area contributed by atoms with E-state index in [1.807, 2.05) is 6.20 Å². The lowest BCUT2D eigenvalue weighted by Crippen LogP contribution is -1.95. The van der Waals surface area contributed by atoms with Gasteiger partial charge in [-0.15, -0.1) is 0 Å². The third kappa shape index (κ3) is 3.41. The molecule has 1 aromatic heterocycles. The fraction of sp³-hybridized carbons (Fsp3) is 0.261. The lowest BCUT2D eigenvalue weighted by molar-refractivity contribution is 0.922. The molecule has 0 N–H and O–H groups in total. The van der Waals surface area contributed by atoms with Crippen LogP contribution in [0.25, 0.3) is 22.4 Å². The van der Waals surface area contributed by atoms with Crippen molar-refractivity contribution in [3.63, 3.8) is 0 Å². The van der Waals surface area contributed by atoms with Gasteiger partial charge in [0.05, 0.1) is 5.69 Å². The SMILES string of the molecule is CCCc1ccc(C)cc1-c1cc(C)c(-c2cccc(C)c2)cn1. The molecule has 0 unspecified atom stereocenters. The maximum Gasteiger partial charge on any atom is 0.0707 e. The summed E-state index contributed by atoms with van der Waals surface area (Å²) in [5.41, 5.74) is 10.0. The molecule has 0 spiro atoms. The molecule has 0 fully saturated rings. The summed E-state index contributed by atoms with van der Waals surface area (Å²) in [7, 11) is 0. The summed E-state index contributed by atoms with van der Waals surface area (Å²) in [6, 6.07) is 17.6. The molecule has 0 saturated heterocycles. The van der Waals surface area contributed by atoms with E-state index >= 15 is 0 Å². The molecule has 0 amide bonds. The van der Waals surface area contributed by atoms with Crippen molar-refractivity contribution >= 4 is 0 Å². The number of pyridine rings is 1. The van der Waals surface area contributed by atoms with Gasteiger partial charge in [0.15, 0.2) is 0 Å². The Balaban J connectivity index is 2.06. The van der Waals surface area contributed by atoms with Crippen LogP contribution in [0, 0.1) is 20.8 Å². The first-order chi connectivity index (χ1) is 11.6. The Labute approximate surface area is 145 Å². The number of aromatic nitrogens is 1. The minimum Gasteiger partial charge on any atom is -0.256 e. The summed E-state index contributed by atoms with van der Waals surface area (Å²) >= 11 is 0. The van der Waals surface area contributed by atoms with Crippen LogP contribution in [0.15, 0.2) is 54.7 Å². The first kappa shape index (κ1) is 16.4. The van der Waals surface area contributed by atoms with Crippen molar-refractivity contribution in [1.82, 2.24) is 4.98 Å². The van der Waals surface area contributed by atoms with Crippen LogP contribution in [0.3, 0.4) is 0 Å². The van der Waals surface area contributed by atoms with Gasteiger partial charge in [-0.1, -0.05) is 60.9 Å². The highest BCUT2D eigenvalue weighted by molar-refractivity contribution is 5.72. The Hall–Kier alpha value is -2.41. The molecule has 1 nitrogen and oxygen atoms in total. The van der Waals surface area contributed by atoms with Crippen LogP contribution < -0.4 is 0 Å². The molecule has 0 aliphatic carbocycles. The van der Waals surface area contributed by atoms with Crippen LogP contribution >= 0.6 is 0 Å². The molecule has 0 saturated carbocycles. The summed E-state index contributed by atoms with van der Waals surface area (Å²) in [5, 5.41) is 0. The van der Waals surface area contributed by atoms with Crippen LogP contribution in [-0.4, -0.2) is 4.98 Å². The molecule has 0 atom stereocenters. The molecule has 24 heavy (non-hydrogen) atoms. The van der Waals surface area contributed by atoms with E-state index in [-0.39, 0.29) is 0 Å². The maximum atomic E-state index is 4.80. The van der Waals surface area contributed by atoms with Gasteiger partial charge in [0.2, 0.25) is 0 Å². The Morgan fingerprint density at radius 3 is 2.33 bits per heavy atom. The van der Waals surface area contributed by atoms with Gasteiger partial charge in [-0.25, -0.2) is 0 Å². The molecule has 0 radical (unpaired) electrons. The maximum absolute atomic E-state index is 4.80. The summed E-state index contributed by atoms with van der Waals surface area (Å²) in [4.78, 5) is 4.80. The number of nitrogens with zero attached hydrogens (tertiary/aromatic N) is 1. The van der Waals surface area contributed by atoms with Gasteiger partial charge in [0.1, 0.15) is 0 Å². The zero-order chi connectivity index (χ0) is 17.1. The van der Waals surface area contributed by atoms with E-state index in [4.69, 9.17) is 4.98 Å². The second-order valence-electron chi connectivity index (χ2n) is 6.66. The van der Waals surface area contributed by atoms with Gasteiger partial charge >= 0.3 is 0 Å². The van der Waals surface area contributed by atoms with E-state index in [1.165, 1.54) is 38.9 Å². The average Bonchev–Trinajstić information content (AvgIpc) is 2.56. The van der Waals surface area contributed by atoms with Crippen LogP contribution in [0.5, 0.6) is 0 Å². The predicted octanol–water partition coefficient (Wildman–Crippen LogP) is 6.29. The number of hydrogen-bond donors (Lipinski definition) is 0. The first-order valence-electron chi connectivity index (χ1n) is 8.72. The van der Waals surface area contributed by atoms with E-state index in [0.29, 0.717) is 0 Å². The molecule has 2 aromatic carbocycles. The van der Waals surface area contributed by atoms with Crippen molar-refractivity contribution < 1.29 is 0 Å². The third-order valence-corrected chi connectivity index (χ3v) is 4.50. The van der Waals surface area contributed by atoms with E-state index in [0.717, 1.165) is 18.5 Å². The Morgan fingerprint density at radius 1 is 0.833 bits per heavy atom. The van der Waals surface area contributed by atoms with Crippen LogP contribution in [0.4, 0.5) is 0 Å². The van der Waals surface area contributed by atoms with E-state index in [2.05, 4.69) is 76.2 Å². The molecular formula is C23H25N. The third-order valence-electron chi connectivity index (χ3n) is 4.50. The van der Waals surface area contributed by atoms with Gasteiger partial charge in [0, 0.05) is 17.3 Å². The minimum absolute atomic E-state index is 1.08. The molecule has 122 valence electrons. The highest BCUT2D eigenvalue weighted by Gasteiger charge is 2.10. The van der Waals surface area contributed by atoms with E-state index in [1.54, 1.807) is 0 Å². The van der Waals surface area contributed by atoms with Crippen LogP contribution in [0.2, 0.25) is 0 Å². The quantitative estimate of drug-likeness (QED) is 0.551. The molecule has 1 heteroatoms. The summed E-state index contributed by atoms with van der Waals surface area (Å²) in [6.07, 6.45) is 4.27. The van der Waals surface area contributed by atoms with Crippen molar-refractivity contribution in [3.8, 4) is 22.4 Å². The van der Waals surface area contributed by atoms with Gasteiger partial charge in [-0.3, -0.25) is 4.98 Å². The summed E-state index contributed by atoms with van der Waals surface area (Å²) in [6.45, 7) is 8.68. The molecule has 1 heterocycles. The van der Waals surface area contributed by atoms with Gasteiger partial charge < -0.3 is 0 Å². The van der Waals surface area contributed by atoms with Crippen molar-refractivity contribution in [2.24, 2.45) is 0 Å². The Kier molecular flexibility index (Phi) is 4.80. The van der Waals surface area contributed by atoms with E-state index in [9.17, 15) is 0 Å². The van der Waals surface area contributed by atoms with Gasteiger partial charge in [-0.2, -0.15) is 0 Å². The second kappa shape index (κ2) is 7.00. The predicted molar refractivity (Wildman–Crippen MR) is 103 cm³/mol. The molecule has 3 rings (SSSR count). The van der Waals surface area contributed by atoms with Gasteiger partial charge in [-0.05, 0) is 56.0 Å². The standard InChI is InChI=1S/C23H25N/c1-5-7-19-11-10-17(3)13-21(19)23-14-18(4)22(15-24-23)20-9-6-8-16(2)12-20/h6,8-15H,5,7H2,1-4H3.